The van der Waals surface area contributed by atoms with E-state index in [9.17, 15) is 4.79 Å². The smallest absolute Gasteiger partial charge is 0.243 e. The molecule has 3 rings (SSSR count). The molecule has 3 heteroatoms. The molecule has 24 heavy (non-hydrogen) atoms. The highest BCUT2D eigenvalue weighted by molar-refractivity contribution is 5.81. The Balaban J connectivity index is 1.74. The van der Waals surface area contributed by atoms with E-state index in [1.54, 1.807) is 0 Å². The number of rotatable bonds is 5. The topological polar surface area (TPSA) is 34.0 Å². The van der Waals surface area contributed by atoms with Crippen molar-refractivity contribution in [3.05, 3.63) is 60.4 Å². The van der Waals surface area contributed by atoms with Crippen molar-refractivity contribution in [3.63, 3.8) is 0 Å². The Morgan fingerprint density at radius 3 is 2.54 bits per heavy atom. The Bertz CT molecular complexity index is 635. The summed E-state index contributed by atoms with van der Waals surface area (Å²) in [5.74, 6) is 1.37. The zero-order chi connectivity index (χ0) is 16.9. The molecule has 1 aromatic heterocycles. The molecule has 1 aliphatic rings. The normalized spacial score (nSPS) is 25.2. The first kappa shape index (κ1) is 16.8. The van der Waals surface area contributed by atoms with Crippen LogP contribution in [0.4, 0.5) is 0 Å². The van der Waals surface area contributed by atoms with Crippen LogP contribution in [0.2, 0.25) is 0 Å². The molecule has 0 bridgehead atoms. The lowest BCUT2D eigenvalue weighted by Crippen LogP contribution is -2.46. The maximum atomic E-state index is 13.0. The predicted octanol–water partition coefficient (Wildman–Crippen LogP) is 4.21. The highest BCUT2D eigenvalue weighted by Gasteiger charge is 2.30. The van der Waals surface area contributed by atoms with E-state index in [0.29, 0.717) is 17.9 Å². The molecule has 2 aromatic rings. The molecule has 1 fully saturated rings. The first-order chi connectivity index (χ1) is 11.6. The van der Waals surface area contributed by atoms with Gasteiger partial charge in [-0.3, -0.25) is 4.79 Å². The molecule has 1 N–H and O–H groups in total. The van der Waals surface area contributed by atoms with Crippen molar-refractivity contribution in [2.75, 3.05) is 0 Å². The van der Waals surface area contributed by atoms with Crippen molar-refractivity contribution >= 4 is 5.91 Å². The minimum Gasteiger partial charge on any atom is -0.351 e. The van der Waals surface area contributed by atoms with Gasteiger partial charge in [-0.05, 0) is 36.0 Å². The Kier molecular flexibility index (Phi) is 5.39. The van der Waals surface area contributed by atoms with E-state index in [0.717, 1.165) is 12.8 Å². The van der Waals surface area contributed by atoms with Crippen LogP contribution in [0.25, 0.3) is 0 Å². The zero-order valence-corrected chi connectivity index (χ0v) is 14.7. The number of nitrogens with zero attached hydrogens (tertiary/aromatic N) is 1. The van der Waals surface area contributed by atoms with Crippen molar-refractivity contribution in [1.82, 2.24) is 9.88 Å². The lowest BCUT2D eigenvalue weighted by atomic mass is 9.78. The van der Waals surface area contributed by atoms with Crippen molar-refractivity contribution < 1.29 is 4.79 Å². The van der Waals surface area contributed by atoms with Gasteiger partial charge in [0.2, 0.25) is 5.91 Å². The summed E-state index contributed by atoms with van der Waals surface area (Å²) in [7, 11) is 0. The Morgan fingerprint density at radius 1 is 1.12 bits per heavy atom. The van der Waals surface area contributed by atoms with E-state index < -0.39 is 0 Å². The van der Waals surface area contributed by atoms with Gasteiger partial charge >= 0.3 is 0 Å². The molecule has 1 aromatic carbocycles. The molecule has 4 atom stereocenters. The van der Waals surface area contributed by atoms with E-state index in [1.165, 1.54) is 18.4 Å². The Hall–Kier alpha value is -2.03. The molecule has 0 spiro atoms. The van der Waals surface area contributed by atoms with Gasteiger partial charge in [-0.25, -0.2) is 0 Å². The summed E-state index contributed by atoms with van der Waals surface area (Å²) in [6.45, 7) is 4.58. The predicted molar refractivity (Wildman–Crippen MR) is 97.7 cm³/mol. The number of nitrogens with one attached hydrogen (secondary N) is 1. The molecule has 1 saturated carbocycles. The standard InChI is InChI=1S/C21H28N2O/c1-16-9-8-12-19(17(16)2)22-21(24)20(23-13-6-7-14-23)15-18-10-4-3-5-11-18/h3-7,10-11,13-14,16-17,19-20H,8-9,12,15H2,1-2H3,(H,22,24)/t16-,17-,19+,20-/m1/s1. The zero-order valence-electron chi connectivity index (χ0n) is 14.7. The van der Waals surface area contributed by atoms with Gasteiger partial charge in [0.1, 0.15) is 6.04 Å². The lowest BCUT2D eigenvalue weighted by molar-refractivity contribution is -0.125. The van der Waals surface area contributed by atoms with Crippen LogP contribution in [-0.4, -0.2) is 16.5 Å². The van der Waals surface area contributed by atoms with Crippen molar-refractivity contribution in [2.45, 2.75) is 51.6 Å². The van der Waals surface area contributed by atoms with Gasteiger partial charge in [-0.1, -0.05) is 57.0 Å². The maximum absolute atomic E-state index is 13.0. The quantitative estimate of drug-likeness (QED) is 0.878. The summed E-state index contributed by atoms with van der Waals surface area (Å²) in [6, 6.07) is 14.3. The number of carbonyl (C=O) groups excluding carboxylic acids is 1. The number of hydrogen-bond acceptors (Lipinski definition) is 1. The van der Waals surface area contributed by atoms with Crippen LogP contribution in [0, 0.1) is 11.8 Å². The summed E-state index contributed by atoms with van der Waals surface area (Å²) in [5, 5.41) is 3.35. The average molecular weight is 324 g/mol. The largest absolute Gasteiger partial charge is 0.351 e. The van der Waals surface area contributed by atoms with E-state index in [2.05, 4.69) is 31.3 Å². The fourth-order valence-electron chi connectivity index (χ4n) is 3.79. The van der Waals surface area contributed by atoms with E-state index >= 15 is 0 Å². The second-order valence-electron chi connectivity index (χ2n) is 7.22. The van der Waals surface area contributed by atoms with Crippen molar-refractivity contribution in [1.29, 1.82) is 0 Å². The summed E-state index contributed by atoms with van der Waals surface area (Å²) in [5.41, 5.74) is 1.19. The second-order valence-corrected chi connectivity index (χ2v) is 7.22. The number of carbonyl (C=O) groups is 1. The van der Waals surface area contributed by atoms with Crippen LogP contribution in [0.5, 0.6) is 0 Å². The Morgan fingerprint density at radius 2 is 1.83 bits per heavy atom. The lowest BCUT2D eigenvalue weighted by Gasteiger charge is -2.35. The monoisotopic (exact) mass is 324 g/mol. The van der Waals surface area contributed by atoms with Crippen molar-refractivity contribution in [2.24, 2.45) is 11.8 Å². The first-order valence-electron chi connectivity index (χ1n) is 9.12. The molecule has 0 radical (unpaired) electrons. The van der Waals surface area contributed by atoms with Gasteiger partial charge in [0, 0.05) is 24.9 Å². The van der Waals surface area contributed by atoms with Gasteiger partial charge in [0.05, 0.1) is 0 Å². The number of aromatic nitrogens is 1. The second kappa shape index (κ2) is 7.69. The van der Waals surface area contributed by atoms with Crippen molar-refractivity contribution in [3.8, 4) is 0 Å². The molecular weight excluding hydrogens is 296 g/mol. The van der Waals surface area contributed by atoms with Crippen LogP contribution in [0.1, 0.15) is 44.7 Å². The highest BCUT2D eigenvalue weighted by atomic mass is 16.2. The molecule has 1 aliphatic carbocycles. The van der Waals surface area contributed by atoms with Crippen LogP contribution in [0.3, 0.4) is 0 Å². The average Bonchev–Trinajstić information content (AvgIpc) is 3.12. The third-order valence-corrected chi connectivity index (χ3v) is 5.60. The van der Waals surface area contributed by atoms with Crippen LogP contribution < -0.4 is 5.32 Å². The Labute approximate surface area is 145 Å². The highest BCUT2D eigenvalue weighted by Crippen LogP contribution is 2.30. The minimum absolute atomic E-state index is 0.140. The van der Waals surface area contributed by atoms with Crippen LogP contribution in [0.15, 0.2) is 54.9 Å². The summed E-state index contributed by atoms with van der Waals surface area (Å²) >= 11 is 0. The maximum Gasteiger partial charge on any atom is 0.243 e. The van der Waals surface area contributed by atoms with Gasteiger partial charge in [0.25, 0.3) is 0 Å². The molecule has 0 aliphatic heterocycles. The van der Waals surface area contributed by atoms with Crippen LogP contribution in [-0.2, 0) is 11.2 Å². The van der Waals surface area contributed by atoms with Crippen LogP contribution >= 0.6 is 0 Å². The summed E-state index contributed by atoms with van der Waals surface area (Å²) in [6.07, 6.45) is 8.28. The van der Waals surface area contributed by atoms with E-state index in [1.807, 2.05) is 47.3 Å². The summed E-state index contributed by atoms with van der Waals surface area (Å²) < 4.78 is 2.03. The SMILES string of the molecule is C[C@@H]1[C@H](C)CCC[C@@H]1NC(=O)[C@@H](Cc1ccccc1)n1cccc1. The molecule has 0 unspecified atom stereocenters. The third kappa shape index (κ3) is 3.89. The molecule has 1 amide bonds. The molecule has 0 saturated heterocycles. The number of amides is 1. The van der Waals surface area contributed by atoms with E-state index in [-0.39, 0.29) is 11.9 Å². The molecular formula is C21H28N2O. The molecule has 128 valence electrons. The summed E-state index contributed by atoms with van der Waals surface area (Å²) in [4.78, 5) is 13.0. The molecule has 1 heterocycles. The fraction of sp³-hybridized carbons (Fsp3) is 0.476. The van der Waals surface area contributed by atoms with Gasteiger partial charge in [-0.2, -0.15) is 0 Å². The number of hydrogen-bond donors (Lipinski definition) is 1. The number of benzene rings is 1. The van der Waals surface area contributed by atoms with E-state index in [4.69, 9.17) is 0 Å². The molecule has 3 nitrogen and oxygen atoms in total. The minimum atomic E-state index is -0.188. The van der Waals surface area contributed by atoms with Gasteiger partial charge in [0.15, 0.2) is 0 Å². The van der Waals surface area contributed by atoms with Gasteiger partial charge in [-0.15, -0.1) is 0 Å². The first-order valence-corrected chi connectivity index (χ1v) is 9.12. The van der Waals surface area contributed by atoms with Gasteiger partial charge < -0.3 is 9.88 Å². The third-order valence-electron chi connectivity index (χ3n) is 5.60. The fourth-order valence-corrected chi connectivity index (χ4v) is 3.79.